The number of hydrogen-bond acceptors (Lipinski definition) is 3. The van der Waals surface area contributed by atoms with Crippen LogP contribution < -0.4 is 0 Å². The summed E-state index contributed by atoms with van der Waals surface area (Å²) in [5, 5.41) is 19.9. The number of pyridine rings is 1. The van der Waals surface area contributed by atoms with Gasteiger partial charge in [-0.3, -0.25) is 0 Å². The molecular weight excluding hydrogens is 297 g/mol. The Hall–Kier alpha value is -2.22. The molecule has 2 aliphatic heterocycles. The van der Waals surface area contributed by atoms with Gasteiger partial charge in [0.1, 0.15) is 6.07 Å². The maximum atomic E-state index is 9.76. The van der Waals surface area contributed by atoms with Crippen molar-refractivity contribution < 1.29 is 5.21 Å². The molecule has 2 heterocycles. The monoisotopic (exact) mass is 303 g/mol. The zero-order valence-corrected chi connectivity index (χ0v) is 11.5. The van der Waals surface area contributed by atoms with Gasteiger partial charge in [-0.1, -0.05) is 29.3 Å². The van der Waals surface area contributed by atoms with Crippen LogP contribution >= 0.6 is 23.2 Å². The van der Waals surface area contributed by atoms with Crippen LogP contribution in [-0.2, 0) is 0 Å². The average Bonchev–Trinajstić information content (AvgIpc) is 2.85. The second-order valence-electron chi connectivity index (χ2n) is 4.18. The summed E-state index contributed by atoms with van der Waals surface area (Å²) < 4.78 is 0.878. The largest absolute Gasteiger partial charge is 0.427 e. The Balaban J connectivity index is 2.34. The molecule has 4 nitrogen and oxygen atoms in total. The normalized spacial score (nSPS) is 10.7. The van der Waals surface area contributed by atoms with Crippen LogP contribution in [-0.4, -0.2) is 14.9 Å². The molecular formula is C14H7Cl2N3O. The van der Waals surface area contributed by atoms with Crippen molar-refractivity contribution in [2.24, 2.45) is 0 Å². The van der Waals surface area contributed by atoms with E-state index in [0.29, 0.717) is 27.0 Å². The van der Waals surface area contributed by atoms with Gasteiger partial charge in [0, 0.05) is 33.6 Å². The van der Waals surface area contributed by atoms with Crippen LogP contribution in [0, 0.1) is 11.3 Å². The Morgan fingerprint density at radius 2 is 2.00 bits per heavy atom. The number of nitriles is 1. The number of nitrogens with zero attached hydrogens (tertiary/aromatic N) is 3. The third-order valence-corrected chi connectivity index (χ3v) is 3.57. The summed E-state index contributed by atoms with van der Waals surface area (Å²) in [6, 6.07) is 8.87. The van der Waals surface area contributed by atoms with Crippen molar-refractivity contribution in [3.63, 3.8) is 0 Å². The molecule has 0 saturated carbocycles. The van der Waals surface area contributed by atoms with Gasteiger partial charge >= 0.3 is 0 Å². The zero-order chi connectivity index (χ0) is 14.3. The van der Waals surface area contributed by atoms with E-state index in [1.807, 2.05) is 0 Å². The minimum absolute atomic E-state index is 0.310. The Morgan fingerprint density at radius 3 is 2.70 bits per heavy atom. The van der Waals surface area contributed by atoms with Gasteiger partial charge in [0.2, 0.25) is 0 Å². The summed E-state index contributed by atoms with van der Waals surface area (Å²) in [6.07, 6.45) is 2.88. The Bertz CT molecular complexity index is 820. The van der Waals surface area contributed by atoms with Crippen LogP contribution in [0.15, 0.2) is 36.7 Å². The zero-order valence-electron chi connectivity index (χ0n) is 10.0. The summed E-state index contributed by atoms with van der Waals surface area (Å²) >= 11 is 12.1. The number of rotatable bonds is 1. The van der Waals surface area contributed by atoms with Crippen LogP contribution in [0.4, 0.5) is 0 Å². The minimum Gasteiger partial charge on any atom is -0.427 e. The van der Waals surface area contributed by atoms with Gasteiger partial charge in [0.25, 0.3) is 0 Å². The van der Waals surface area contributed by atoms with Crippen molar-refractivity contribution in [2.45, 2.75) is 0 Å². The van der Waals surface area contributed by atoms with E-state index in [9.17, 15) is 5.21 Å². The summed E-state index contributed by atoms with van der Waals surface area (Å²) in [5.74, 6) is 0.310. The van der Waals surface area contributed by atoms with Crippen molar-refractivity contribution >= 4 is 23.2 Å². The smallest absolute Gasteiger partial charge is 0.177 e. The van der Waals surface area contributed by atoms with Crippen molar-refractivity contribution in [1.29, 1.82) is 5.26 Å². The Kier molecular flexibility index (Phi) is 3.01. The van der Waals surface area contributed by atoms with Gasteiger partial charge in [-0.05, 0) is 23.8 Å². The first-order valence-corrected chi connectivity index (χ1v) is 6.42. The first-order valence-electron chi connectivity index (χ1n) is 5.66. The van der Waals surface area contributed by atoms with E-state index >= 15 is 0 Å². The molecule has 0 radical (unpaired) electrons. The SMILES string of the molecule is N#Cc1cnc2n(O)ccc(-c3ccc(Cl)cc3Cl)c1-2. The molecule has 0 atom stereocenters. The molecule has 0 bridgehead atoms. The van der Waals surface area contributed by atoms with Crippen LogP contribution in [0.5, 0.6) is 0 Å². The molecule has 0 spiro atoms. The molecule has 0 aromatic heterocycles. The lowest BCUT2D eigenvalue weighted by Crippen LogP contribution is -2.00. The van der Waals surface area contributed by atoms with Crippen molar-refractivity contribution in [3.8, 4) is 28.6 Å². The Morgan fingerprint density at radius 1 is 1.20 bits per heavy atom. The highest BCUT2D eigenvalue weighted by molar-refractivity contribution is 6.36. The summed E-state index contributed by atoms with van der Waals surface area (Å²) in [6.45, 7) is 0. The Labute approximate surface area is 124 Å². The third kappa shape index (κ3) is 1.88. The molecule has 1 N–H and O–H groups in total. The number of hydrogen-bond donors (Lipinski definition) is 1. The number of aromatic nitrogens is 2. The van der Waals surface area contributed by atoms with E-state index in [-0.39, 0.29) is 0 Å². The van der Waals surface area contributed by atoms with Crippen LogP contribution in [0.3, 0.4) is 0 Å². The van der Waals surface area contributed by atoms with E-state index in [0.717, 1.165) is 15.9 Å². The maximum absolute atomic E-state index is 9.76. The second kappa shape index (κ2) is 4.71. The second-order valence-corrected chi connectivity index (χ2v) is 5.02. The quantitative estimate of drug-likeness (QED) is 0.689. The molecule has 0 aliphatic carbocycles. The molecule has 2 aliphatic rings. The molecule has 1 aromatic rings. The lowest BCUT2D eigenvalue weighted by molar-refractivity contribution is 0.187. The first-order chi connectivity index (χ1) is 9.61. The van der Waals surface area contributed by atoms with Gasteiger partial charge in [0.05, 0.1) is 5.56 Å². The predicted octanol–water partition coefficient (Wildman–Crippen LogP) is 4.07. The van der Waals surface area contributed by atoms with Gasteiger partial charge in [0.15, 0.2) is 5.82 Å². The number of fused-ring (bicyclic) bond motifs is 1. The molecule has 1 aromatic carbocycles. The van der Waals surface area contributed by atoms with Gasteiger partial charge in [-0.2, -0.15) is 9.99 Å². The lowest BCUT2D eigenvalue weighted by atomic mass is 9.98. The summed E-state index contributed by atoms with van der Waals surface area (Å²) in [5.41, 5.74) is 2.39. The lowest BCUT2D eigenvalue weighted by Gasteiger charge is -2.12. The maximum Gasteiger partial charge on any atom is 0.177 e. The molecule has 98 valence electrons. The molecule has 20 heavy (non-hydrogen) atoms. The topological polar surface area (TPSA) is 61.8 Å². The predicted molar refractivity (Wildman–Crippen MR) is 76.2 cm³/mol. The molecule has 0 amide bonds. The van der Waals surface area contributed by atoms with E-state index in [2.05, 4.69) is 11.1 Å². The highest BCUT2D eigenvalue weighted by Crippen LogP contribution is 2.39. The molecule has 0 fully saturated rings. The number of benzene rings is 1. The fourth-order valence-corrected chi connectivity index (χ4v) is 2.64. The van der Waals surface area contributed by atoms with E-state index in [1.54, 1.807) is 24.3 Å². The third-order valence-electron chi connectivity index (χ3n) is 3.02. The average molecular weight is 304 g/mol. The van der Waals surface area contributed by atoms with Crippen molar-refractivity contribution in [2.75, 3.05) is 0 Å². The van der Waals surface area contributed by atoms with Crippen LogP contribution in [0.25, 0.3) is 22.5 Å². The van der Waals surface area contributed by atoms with Gasteiger partial charge in [-0.15, -0.1) is 0 Å². The number of halogens is 2. The standard InChI is InChI=1S/C14H7Cl2N3O/c15-9-1-2-10(12(16)5-9)11-3-4-19(20)14-13(11)8(6-17)7-18-14/h1-5,7,20H. The highest BCUT2D eigenvalue weighted by atomic mass is 35.5. The molecule has 0 unspecified atom stereocenters. The molecule has 3 rings (SSSR count). The highest BCUT2D eigenvalue weighted by Gasteiger charge is 2.21. The fraction of sp³-hybridized carbons (Fsp3) is 0. The van der Waals surface area contributed by atoms with Crippen LogP contribution in [0.2, 0.25) is 10.0 Å². The van der Waals surface area contributed by atoms with E-state index < -0.39 is 0 Å². The molecule has 0 saturated heterocycles. The van der Waals surface area contributed by atoms with E-state index in [1.165, 1.54) is 12.4 Å². The first kappa shape index (κ1) is 12.8. The van der Waals surface area contributed by atoms with E-state index in [4.69, 9.17) is 28.5 Å². The summed E-state index contributed by atoms with van der Waals surface area (Å²) in [7, 11) is 0. The van der Waals surface area contributed by atoms with Gasteiger partial charge < -0.3 is 5.21 Å². The van der Waals surface area contributed by atoms with Crippen molar-refractivity contribution in [1.82, 2.24) is 9.71 Å². The van der Waals surface area contributed by atoms with Crippen molar-refractivity contribution in [3.05, 3.63) is 52.3 Å². The fourth-order valence-electron chi connectivity index (χ4n) is 2.13. The summed E-state index contributed by atoms with van der Waals surface area (Å²) in [4.78, 5) is 4.04. The van der Waals surface area contributed by atoms with Crippen LogP contribution in [0.1, 0.15) is 5.56 Å². The molecule has 6 heteroatoms. The minimum atomic E-state index is 0.310. The van der Waals surface area contributed by atoms with Gasteiger partial charge in [-0.25, -0.2) is 4.98 Å².